The van der Waals surface area contributed by atoms with Crippen LogP contribution in [-0.2, 0) is 96.5 Å². The number of aliphatic hydroxyl groups excluding tert-OH is 5. The van der Waals surface area contributed by atoms with Gasteiger partial charge >= 0.3 is 5.97 Å². The second kappa shape index (κ2) is 34.5. The number of carboxylic acids is 1. The zero-order valence-corrected chi connectivity index (χ0v) is 55.6. The predicted molar refractivity (Wildman–Crippen MR) is 313 cm³/mol. The van der Waals surface area contributed by atoms with Gasteiger partial charge in [-0.05, 0) is 55.4 Å². The van der Waals surface area contributed by atoms with Crippen LogP contribution in [-0.4, -0.2) is 230 Å². The van der Waals surface area contributed by atoms with E-state index in [-0.39, 0.29) is 69.3 Å². The molecule has 5 rings (SSSR count). The normalized spacial score (nSPS) is 26.7. The Morgan fingerprint density at radius 3 is 2.17 bits per heavy atom. The number of aliphatic hydroxyl groups is 5. The van der Waals surface area contributed by atoms with Crippen molar-refractivity contribution in [2.75, 3.05) is 41.5 Å². The maximum atomic E-state index is 14.8. The Morgan fingerprint density at radius 1 is 0.920 bits per heavy atom. The first-order valence-corrected chi connectivity index (χ1v) is 30.3. The molecule has 3 fully saturated rings. The molecule has 6 amide bonds. The molecule has 3 aliphatic rings. The maximum absolute atomic E-state index is 14.8. The summed E-state index contributed by atoms with van der Waals surface area (Å²) in [6.45, 7) is 13.5. The van der Waals surface area contributed by atoms with E-state index in [1.807, 2.05) is 49.6 Å². The van der Waals surface area contributed by atoms with E-state index < -0.39 is 158 Å². The Bertz CT molecular complexity index is 2580. The van der Waals surface area contributed by atoms with Crippen molar-refractivity contribution in [3.05, 3.63) is 52.5 Å². The minimum atomic E-state index is -2.20. The van der Waals surface area contributed by atoms with Crippen LogP contribution < -0.4 is 16.0 Å². The summed E-state index contributed by atoms with van der Waals surface area (Å²) in [5, 5.41) is 77.3. The van der Waals surface area contributed by atoms with Crippen LogP contribution in [0.3, 0.4) is 0 Å². The van der Waals surface area contributed by atoms with Crippen molar-refractivity contribution in [3.63, 3.8) is 0 Å². The second-order valence-electron chi connectivity index (χ2n) is 23.6. The number of aliphatic carboxylic acids is 1. The Balaban J connectivity index is 0.0000162. The molecular formula is C59H92N8O18SY. The number of hydrogen-bond donors (Lipinski definition) is 9. The number of oxime groups is 1. The molecule has 1 radical (unpaired) electrons. The van der Waals surface area contributed by atoms with Gasteiger partial charge in [0.25, 0.3) is 5.91 Å². The number of methoxy groups -OCH3 is 2. The number of likely N-dealkylation sites (N-methyl/N-ethyl adjacent to an activating group) is 2. The number of thiazole rings is 1. The molecule has 18 atom stereocenters. The third-order valence-electron chi connectivity index (χ3n) is 17.0. The number of ether oxygens (including phenoxy) is 4. The smallest absolute Gasteiger partial charge is 0.336 e. The summed E-state index contributed by atoms with van der Waals surface area (Å²) in [6, 6.07) is 4.85. The fourth-order valence-electron chi connectivity index (χ4n) is 12.0. The van der Waals surface area contributed by atoms with Crippen molar-refractivity contribution in [3.8, 4) is 0 Å². The van der Waals surface area contributed by atoms with E-state index in [9.17, 15) is 64.2 Å². The van der Waals surface area contributed by atoms with Crippen LogP contribution in [0.2, 0.25) is 0 Å². The van der Waals surface area contributed by atoms with E-state index in [4.69, 9.17) is 23.8 Å². The molecule has 0 saturated carbocycles. The summed E-state index contributed by atoms with van der Waals surface area (Å²) in [6.07, 6.45) is -9.50. The summed E-state index contributed by atoms with van der Waals surface area (Å²) in [4.78, 5) is 111. The Hall–Kier alpha value is -4.65. The Morgan fingerprint density at radius 2 is 1.60 bits per heavy atom. The number of nitrogens with zero attached hydrogens (tertiary/aromatic N) is 5. The monoisotopic (exact) mass is 1320 g/mol. The molecule has 9 N–H and O–H groups in total. The van der Waals surface area contributed by atoms with Crippen LogP contribution in [0.1, 0.15) is 117 Å². The number of carbonyl (C=O) groups excluding carboxylic acids is 6. The van der Waals surface area contributed by atoms with E-state index >= 15 is 0 Å². The van der Waals surface area contributed by atoms with Crippen molar-refractivity contribution < 1.29 is 121 Å². The van der Waals surface area contributed by atoms with E-state index in [2.05, 4.69) is 26.1 Å². The first-order valence-electron chi connectivity index (χ1n) is 29.4. The minimum absolute atomic E-state index is 0. The third-order valence-corrected chi connectivity index (χ3v) is 17.9. The van der Waals surface area contributed by atoms with Gasteiger partial charge in [-0.15, -0.1) is 11.3 Å². The van der Waals surface area contributed by atoms with Crippen LogP contribution >= 0.6 is 11.3 Å². The van der Waals surface area contributed by atoms with Gasteiger partial charge in [0.2, 0.25) is 29.5 Å². The van der Waals surface area contributed by atoms with Gasteiger partial charge in [-0.1, -0.05) is 90.4 Å². The number of likely N-dealkylation sites (tertiary alicyclic amines) is 1. The second-order valence-corrected chi connectivity index (χ2v) is 24.5. The average Bonchev–Trinajstić information content (AvgIpc) is 1.52. The molecule has 1 aromatic heterocycles. The fraction of sp³-hybridized carbons (Fsp3) is 0.712. The number of aromatic nitrogens is 1. The number of benzene rings is 1. The first-order chi connectivity index (χ1) is 40.6. The molecule has 18 unspecified atom stereocenters. The Labute approximate surface area is 538 Å². The number of amides is 6. The van der Waals surface area contributed by atoms with E-state index in [1.165, 1.54) is 30.4 Å². The molecule has 4 heterocycles. The van der Waals surface area contributed by atoms with Crippen LogP contribution in [0.15, 0.2) is 47.1 Å². The SMILES string of the molecule is CCC(C)C(C(CC(=O)N1CCCC1C(OC)C(C)C(=O)NC(Cc1ccccc1)c1nccs1)OC)N(C)C(=O)C(NC(=O)C(C(C)C)N(C)C(=O)CO/N=C/C1OC(CCC2OC(O)C(O)C(O)C2O)(C(=O)O)CC(O)C1NC(C)=O)C(C)C.[Y]. The number of nitrogens with one attached hydrogen (secondary N) is 3. The molecule has 485 valence electrons. The fourth-order valence-corrected chi connectivity index (χ4v) is 12.7. The minimum Gasteiger partial charge on any atom is -0.479 e. The van der Waals surface area contributed by atoms with Gasteiger partial charge in [-0.3, -0.25) is 28.8 Å². The molecule has 0 aliphatic carbocycles. The Kier molecular flexibility index (Phi) is 29.7. The van der Waals surface area contributed by atoms with Crippen molar-refractivity contribution >= 4 is 59.0 Å². The summed E-state index contributed by atoms with van der Waals surface area (Å²) < 4.78 is 23.3. The zero-order valence-electron chi connectivity index (χ0n) is 52.0. The van der Waals surface area contributed by atoms with E-state index in [0.29, 0.717) is 32.2 Å². The molecule has 1 aromatic carbocycles. The zero-order chi connectivity index (χ0) is 63.9. The van der Waals surface area contributed by atoms with Crippen molar-refractivity contribution in [2.24, 2.45) is 28.8 Å². The van der Waals surface area contributed by atoms with Crippen LogP contribution in [0, 0.1) is 23.7 Å². The van der Waals surface area contributed by atoms with Gasteiger partial charge in [0.1, 0.15) is 41.5 Å². The number of carbonyl (C=O) groups is 7. The van der Waals surface area contributed by atoms with Crippen LogP contribution in [0.5, 0.6) is 0 Å². The molecule has 0 spiro atoms. The number of carboxylic acid groups (broad SMARTS) is 1. The molecule has 3 saturated heterocycles. The van der Waals surface area contributed by atoms with Gasteiger partial charge in [-0.25, -0.2) is 9.78 Å². The molecular weight excluding hydrogens is 1230 g/mol. The molecule has 26 nitrogen and oxygen atoms in total. The van der Waals surface area contributed by atoms with Crippen molar-refractivity contribution in [1.82, 2.24) is 35.6 Å². The van der Waals surface area contributed by atoms with Crippen LogP contribution in [0.25, 0.3) is 0 Å². The summed E-state index contributed by atoms with van der Waals surface area (Å²) in [5.41, 5.74) is -1.17. The van der Waals surface area contributed by atoms with Crippen molar-refractivity contribution in [2.45, 2.75) is 204 Å². The topological polar surface area (TPSA) is 358 Å². The summed E-state index contributed by atoms with van der Waals surface area (Å²) >= 11 is 1.46. The summed E-state index contributed by atoms with van der Waals surface area (Å²) in [5.74, 6) is -6.29. The molecule has 0 bridgehead atoms. The van der Waals surface area contributed by atoms with Gasteiger partial charge in [0.15, 0.2) is 18.5 Å². The van der Waals surface area contributed by atoms with Crippen LogP contribution in [0.4, 0.5) is 0 Å². The first kappa shape index (κ1) is 74.8. The van der Waals surface area contributed by atoms with E-state index in [0.717, 1.165) is 28.6 Å². The van der Waals surface area contributed by atoms with Gasteiger partial charge in [-0.2, -0.15) is 0 Å². The van der Waals surface area contributed by atoms with Gasteiger partial charge < -0.3 is 85.1 Å². The molecule has 28 heteroatoms. The molecule has 3 aliphatic heterocycles. The number of hydrogen-bond acceptors (Lipinski definition) is 20. The van der Waals surface area contributed by atoms with Gasteiger partial charge in [0, 0.05) is 92.5 Å². The maximum Gasteiger partial charge on any atom is 0.336 e. The average molecular weight is 1320 g/mol. The standard InChI is InChI=1S/C59H92N8O18S.Y/c1-13-33(6)48(41(81-11)27-43(70)67-24-17-20-38(67)52(82-12)34(7)53(75)63-37(55-60-23-25-86-55)26-36-18-15-14-16-19-36)66(10)56(77)45(31(2)3)64-54(76)47(32(4)5)65(9)44(71)30-83-61-29-42-46(62-35(8)68)39(69)28-59(85-42,58(79)80)22-21-40-49(72)50(73)51(74)57(78)84-40;/h14-16,18-19,23,25,29,31-34,37-42,45-52,57,69,72-74,78H,13,17,20-22,24,26-28,30H2,1-12H3,(H,62,68)(H,63,75)(H,64,76)(H,79,80);/b61-29+;. The third kappa shape index (κ3) is 19.2. The quantitative estimate of drug-likeness (QED) is 0.0391. The summed E-state index contributed by atoms with van der Waals surface area (Å²) in [7, 11) is 6.02. The van der Waals surface area contributed by atoms with Gasteiger partial charge in [0.05, 0.1) is 67.1 Å². The molecule has 2 aromatic rings. The predicted octanol–water partition coefficient (Wildman–Crippen LogP) is 1.15. The molecule has 87 heavy (non-hydrogen) atoms. The largest absolute Gasteiger partial charge is 0.479 e. The van der Waals surface area contributed by atoms with E-state index in [1.54, 1.807) is 59.9 Å². The number of rotatable bonds is 30. The van der Waals surface area contributed by atoms with Crippen molar-refractivity contribution in [1.29, 1.82) is 0 Å².